The summed E-state index contributed by atoms with van der Waals surface area (Å²) in [5, 5.41) is 6.67. The van der Waals surface area contributed by atoms with Gasteiger partial charge in [-0.3, -0.25) is 9.59 Å². The number of rotatable bonds is 7. The maximum Gasteiger partial charge on any atom is 0.259 e. The molecule has 0 saturated carbocycles. The Morgan fingerprint density at radius 2 is 1.76 bits per heavy atom. The topological polar surface area (TPSA) is 79.8 Å². The zero-order valence-electron chi connectivity index (χ0n) is 13.0. The minimum absolute atomic E-state index is 0.228. The van der Waals surface area contributed by atoms with E-state index in [-0.39, 0.29) is 19.0 Å². The van der Waals surface area contributed by atoms with Gasteiger partial charge < -0.3 is 10.1 Å². The van der Waals surface area contributed by atoms with E-state index in [1.165, 1.54) is 30.5 Å². The van der Waals surface area contributed by atoms with Crippen molar-refractivity contribution in [2.75, 3.05) is 13.2 Å². The van der Waals surface area contributed by atoms with Crippen molar-refractivity contribution in [1.82, 2.24) is 10.7 Å². The maximum absolute atomic E-state index is 12.7. The summed E-state index contributed by atoms with van der Waals surface area (Å²) in [5.74, 6) is -0.816. The molecule has 0 aliphatic rings. The van der Waals surface area contributed by atoms with Crippen LogP contribution in [0.5, 0.6) is 5.75 Å². The Kier molecular flexibility index (Phi) is 6.91. The van der Waals surface area contributed by atoms with E-state index < -0.39 is 11.8 Å². The van der Waals surface area contributed by atoms with E-state index in [9.17, 15) is 14.0 Å². The first-order chi connectivity index (χ1) is 12.0. The number of nitrogens with one attached hydrogen (secondary N) is 2. The molecule has 0 aromatic heterocycles. The third-order valence-corrected chi connectivity index (χ3v) is 3.15. The van der Waals surface area contributed by atoms with Crippen molar-refractivity contribution in [3.05, 3.63) is 64.9 Å². The average molecular weight is 364 g/mol. The Hall–Kier alpha value is -2.93. The van der Waals surface area contributed by atoms with Gasteiger partial charge >= 0.3 is 0 Å². The fourth-order valence-electron chi connectivity index (χ4n) is 1.68. The molecule has 2 aromatic rings. The third-order valence-electron chi connectivity index (χ3n) is 2.90. The third kappa shape index (κ3) is 7.01. The number of carbonyl (C=O) groups excluding carboxylic acids is 2. The Morgan fingerprint density at radius 1 is 1.08 bits per heavy atom. The van der Waals surface area contributed by atoms with E-state index >= 15 is 0 Å². The van der Waals surface area contributed by atoms with Gasteiger partial charge in [0, 0.05) is 5.02 Å². The van der Waals surface area contributed by atoms with Gasteiger partial charge in [0.15, 0.2) is 6.61 Å². The molecule has 8 heteroatoms. The molecule has 0 atom stereocenters. The highest BCUT2D eigenvalue weighted by atomic mass is 35.5. The standard InChI is InChI=1S/C17H15ClFN3O3/c18-13-3-7-15(8-4-13)25-11-17(24)20-10-16(23)22-21-9-12-1-5-14(19)6-2-12/h1-9H,10-11H2,(H,20,24)(H,22,23)/b21-9+. The van der Waals surface area contributed by atoms with Crippen LogP contribution in [0.25, 0.3) is 0 Å². The van der Waals surface area contributed by atoms with Gasteiger partial charge in [0.05, 0.1) is 12.8 Å². The average Bonchev–Trinajstić information content (AvgIpc) is 2.61. The van der Waals surface area contributed by atoms with Crippen LogP contribution in [-0.2, 0) is 9.59 Å². The number of amides is 2. The summed E-state index contributed by atoms with van der Waals surface area (Å²) in [6.07, 6.45) is 1.36. The smallest absolute Gasteiger partial charge is 0.259 e. The second kappa shape index (κ2) is 9.39. The van der Waals surface area contributed by atoms with Crippen LogP contribution in [0.1, 0.15) is 5.56 Å². The van der Waals surface area contributed by atoms with E-state index in [1.807, 2.05) is 0 Å². The van der Waals surface area contributed by atoms with Crippen molar-refractivity contribution >= 4 is 29.6 Å². The fourth-order valence-corrected chi connectivity index (χ4v) is 1.80. The van der Waals surface area contributed by atoms with Crippen LogP contribution in [0.15, 0.2) is 53.6 Å². The molecule has 2 aromatic carbocycles. The number of halogens is 2. The number of benzene rings is 2. The molecule has 0 radical (unpaired) electrons. The van der Waals surface area contributed by atoms with E-state index in [4.69, 9.17) is 16.3 Å². The molecule has 25 heavy (non-hydrogen) atoms. The van der Waals surface area contributed by atoms with Crippen LogP contribution in [0, 0.1) is 5.82 Å². The lowest BCUT2D eigenvalue weighted by atomic mass is 10.2. The zero-order valence-corrected chi connectivity index (χ0v) is 13.8. The maximum atomic E-state index is 12.7. The van der Waals surface area contributed by atoms with Gasteiger partial charge in [-0.25, -0.2) is 9.82 Å². The Morgan fingerprint density at radius 3 is 2.44 bits per heavy atom. The van der Waals surface area contributed by atoms with Crippen LogP contribution in [-0.4, -0.2) is 31.2 Å². The van der Waals surface area contributed by atoms with Gasteiger partial charge in [0.1, 0.15) is 11.6 Å². The van der Waals surface area contributed by atoms with Gasteiger partial charge in [-0.2, -0.15) is 5.10 Å². The highest BCUT2D eigenvalue weighted by Crippen LogP contribution is 2.15. The lowest BCUT2D eigenvalue weighted by Crippen LogP contribution is -2.37. The van der Waals surface area contributed by atoms with Gasteiger partial charge in [-0.15, -0.1) is 0 Å². The van der Waals surface area contributed by atoms with Crippen LogP contribution in [0.4, 0.5) is 4.39 Å². The minimum atomic E-state index is -0.502. The molecule has 0 spiro atoms. The Balaban J connectivity index is 1.66. The molecular weight excluding hydrogens is 349 g/mol. The molecule has 0 heterocycles. The number of carbonyl (C=O) groups is 2. The predicted octanol–water partition coefficient (Wildman–Crippen LogP) is 2.12. The summed E-state index contributed by atoms with van der Waals surface area (Å²) >= 11 is 5.74. The number of hydrogen-bond acceptors (Lipinski definition) is 4. The molecule has 0 saturated heterocycles. The van der Waals surface area contributed by atoms with Gasteiger partial charge in [-0.05, 0) is 42.0 Å². The molecule has 0 bridgehead atoms. The molecule has 6 nitrogen and oxygen atoms in total. The predicted molar refractivity (Wildman–Crippen MR) is 92.1 cm³/mol. The van der Waals surface area contributed by atoms with Gasteiger partial charge in [0.25, 0.3) is 11.8 Å². The summed E-state index contributed by atoms with van der Waals surface area (Å²) in [4.78, 5) is 23.1. The molecule has 0 aliphatic carbocycles. The van der Waals surface area contributed by atoms with Gasteiger partial charge in [0.2, 0.25) is 0 Å². The van der Waals surface area contributed by atoms with Gasteiger partial charge in [-0.1, -0.05) is 23.7 Å². The first kappa shape index (κ1) is 18.4. The number of hydrazone groups is 1. The summed E-state index contributed by atoms with van der Waals surface area (Å²) < 4.78 is 18.0. The number of hydrogen-bond donors (Lipinski definition) is 2. The second-order valence-corrected chi connectivity index (χ2v) is 5.30. The highest BCUT2D eigenvalue weighted by molar-refractivity contribution is 6.30. The summed E-state index contributed by atoms with van der Waals surface area (Å²) in [5.41, 5.74) is 2.87. The van der Waals surface area contributed by atoms with Crippen molar-refractivity contribution in [2.45, 2.75) is 0 Å². The monoisotopic (exact) mass is 363 g/mol. The first-order valence-corrected chi connectivity index (χ1v) is 7.63. The minimum Gasteiger partial charge on any atom is -0.484 e. The van der Waals surface area contributed by atoms with Crippen molar-refractivity contribution in [1.29, 1.82) is 0 Å². The highest BCUT2D eigenvalue weighted by Gasteiger charge is 2.05. The second-order valence-electron chi connectivity index (χ2n) is 4.86. The number of ether oxygens (including phenoxy) is 1. The van der Waals surface area contributed by atoms with Crippen molar-refractivity contribution in [2.24, 2.45) is 5.10 Å². The Bertz CT molecular complexity index is 749. The largest absolute Gasteiger partial charge is 0.484 e. The quantitative estimate of drug-likeness (QED) is 0.584. The molecule has 2 N–H and O–H groups in total. The molecule has 2 amide bonds. The summed E-state index contributed by atoms with van der Waals surface area (Å²) in [6.45, 7) is -0.475. The molecule has 0 fully saturated rings. The molecule has 0 unspecified atom stereocenters. The summed E-state index contributed by atoms with van der Waals surface area (Å²) in [7, 11) is 0. The van der Waals surface area contributed by atoms with Crippen molar-refractivity contribution in [3.63, 3.8) is 0 Å². The van der Waals surface area contributed by atoms with E-state index in [1.54, 1.807) is 24.3 Å². The van der Waals surface area contributed by atoms with E-state index in [0.717, 1.165) is 0 Å². The molecule has 130 valence electrons. The SMILES string of the molecule is O=C(COc1ccc(Cl)cc1)NCC(=O)N/N=C/c1ccc(F)cc1. The number of nitrogens with zero attached hydrogens (tertiary/aromatic N) is 1. The van der Waals surface area contributed by atoms with E-state index in [2.05, 4.69) is 15.8 Å². The summed E-state index contributed by atoms with van der Waals surface area (Å²) in [6, 6.07) is 12.1. The Labute approximate surface area is 148 Å². The van der Waals surface area contributed by atoms with Crippen LogP contribution in [0.2, 0.25) is 5.02 Å². The normalized spacial score (nSPS) is 10.5. The fraction of sp³-hybridized carbons (Fsp3) is 0.118. The lowest BCUT2D eigenvalue weighted by Gasteiger charge is -2.07. The lowest BCUT2D eigenvalue weighted by molar-refractivity contribution is -0.127. The van der Waals surface area contributed by atoms with Crippen LogP contribution < -0.4 is 15.5 Å². The first-order valence-electron chi connectivity index (χ1n) is 7.25. The molecule has 0 aliphatic heterocycles. The van der Waals surface area contributed by atoms with Crippen molar-refractivity contribution < 1.29 is 18.7 Å². The van der Waals surface area contributed by atoms with Crippen molar-refractivity contribution in [3.8, 4) is 5.75 Å². The zero-order chi connectivity index (χ0) is 18.1. The molecule has 2 rings (SSSR count). The van der Waals surface area contributed by atoms with Crippen LogP contribution in [0.3, 0.4) is 0 Å². The molecular formula is C17H15ClFN3O3. The van der Waals surface area contributed by atoms with E-state index in [0.29, 0.717) is 16.3 Å². The van der Waals surface area contributed by atoms with Crippen LogP contribution >= 0.6 is 11.6 Å².